The zero-order chi connectivity index (χ0) is 19.5. The monoisotopic (exact) mass is 407 g/mol. The van der Waals surface area contributed by atoms with E-state index >= 15 is 0 Å². The Labute approximate surface area is 174 Å². The lowest BCUT2D eigenvalue weighted by atomic mass is 9.73. The van der Waals surface area contributed by atoms with Crippen LogP contribution in [0.15, 0.2) is 22.5 Å². The Morgan fingerprint density at radius 1 is 1.25 bits per heavy atom. The first-order chi connectivity index (χ1) is 13.8. The molecular formula is C22H37N3O2S. The lowest BCUT2D eigenvalue weighted by molar-refractivity contribution is -0.0320. The van der Waals surface area contributed by atoms with E-state index in [2.05, 4.69) is 35.1 Å². The second kappa shape index (κ2) is 11.8. The van der Waals surface area contributed by atoms with Gasteiger partial charge in [-0.2, -0.15) is 0 Å². The largest absolute Gasteiger partial charge is 0.381 e. The van der Waals surface area contributed by atoms with Gasteiger partial charge in [0.05, 0.1) is 12.6 Å². The van der Waals surface area contributed by atoms with Crippen LogP contribution in [0.1, 0.15) is 63.2 Å². The molecule has 3 rings (SSSR count). The molecule has 2 N–H and O–H groups in total. The van der Waals surface area contributed by atoms with E-state index in [1.54, 1.807) is 0 Å². The zero-order valence-electron chi connectivity index (χ0n) is 17.4. The molecule has 0 amide bonds. The van der Waals surface area contributed by atoms with Gasteiger partial charge in [0.2, 0.25) is 0 Å². The molecular weight excluding hydrogens is 370 g/mol. The lowest BCUT2D eigenvalue weighted by Crippen LogP contribution is -2.40. The summed E-state index contributed by atoms with van der Waals surface area (Å²) in [6.45, 7) is 7.26. The first-order valence-corrected chi connectivity index (χ1v) is 12.0. The maximum Gasteiger partial charge on any atom is 0.191 e. The van der Waals surface area contributed by atoms with Crippen LogP contribution >= 0.6 is 11.3 Å². The molecule has 1 aliphatic carbocycles. The van der Waals surface area contributed by atoms with Crippen LogP contribution in [0.2, 0.25) is 0 Å². The Morgan fingerprint density at radius 3 is 2.79 bits per heavy atom. The van der Waals surface area contributed by atoms with Crippen LogP contribution in [0.25, 0.3) is 0 Å². The van der Waals surface area contributed by atoms with Crippen molar-refractivity contribution < 1.29 is 9.47 Å². The van der Waals surface area contributed by atoms with Crippen molar-refractivity contribution in [2.24, 2.45) is 4.99 Å². The van der Waals surface area contributed by atoms with Crippen molar-refractivity contribution in [2.75, 3.05) is 39.5 Å². The number of guanidine groups is 1. The highest BCUT2D eigenvalue weighted by molar-refractivity contribution is 7.10. The Morgan fingerprint density at radius 2 is 2.07 bits per heavy atom. The minimum absolute atomic E-state index is 0.237. The molecule has 0 radical (unpaired) electrons. The molecule has 1 saturated carbocycles. The summed E-state index contributed by atoms with van der Waals surface area (Å²) < 4.78 is 11.3. The van der Waals surface area contributed by atoms with Gasteiger partial charge in [-0.3, -0.25) is 4.99 Å². The van der Waals surface area contributed by atoms with E-state index in [0.717, 1.165) is 64.7 Å². The Hall–Kier alpha value is -1.11. The molecule has 28 heavy (non-hydrogen) atoms. The van der Waals surface area contributed by atoms with Crippen LogP contribution in [0.4, 0.5) is 0 Å². The van der Waals surface area contributed by atoms with Gasteiger partial charge in [0.1, 0.15) is 0 Å². The topological polar surface area (TPSA) is 54.9 Å². The van der Waals surface area contributed by atoms with Gasteiger partial charge in [0.15, 0.2) is 5.96 Å². The lowest BCUT2D eigenvalue weighted by Gasteiger charge is -2.35. The number of aliphatic imine (C=N–C) groups is 1. The molecule has 158 valence electrons. The first kappa shape index (κ1) is 21.6. The third-order valence-electron chi connectivity index (χ3n) is 5.87. The van der Waals surface area contributed by atoms with E-state index in [0.29, 0.717) is 6.10 Å². The van der Waals surface area contributed by atoms with Crippen LogP contribution in [0.3, 0.4) is 0 Å². The maximum atomic E-state index is 5.97. The predicted octanol–water partition coefficient (Wildman–Crippen LogP) is 4.09. The molecule has 0 spiro atoms. The molecule has 0 atom stereocenters. The van der Waals surface area contributed by atoms with E-state index in [1.807, 2.05) is 11.3 Å². The Kier molecular flexibility index (Phi) is 9.09. The van der Waals surface area contributed by atoms with Gasteiger partial charge in [0.25, 0.3) is 0 Å². The minimum atomic E-state index is 0.237. The molecule has 1 aliphatic heterocycles. The highest BCUT2D eigenvalue weighted by Crippen LogP contribution is 2.41. The van der Waals surface area contributed by atoms with E-state index < -0.39 is 0 Å². The molecule has 1 saturated heterocycles. The molecule has 2 aliphatic rings. The summed E-state index contributed by atoms with van der Waals surface area (Å²) in [5.74, 6) is 0.940. The van der Waals surface area contributed by atoms with Crippen LogP contribution in [-0.4, -0.2) is 51.5 Å². The summed E-state index contributed by atoms with van der Waals surface area (Å²) in [4.78, 5) is 6.51. The molecule has 0 unspecified atom stereocenters. The average molecular weight is 408 g/mol. The van der Waals surface area contributed by atoms with Gasteiger partial charge < -0.3 is 20.1 Å². The third-order valence-corrected chi connectivity index (χ3v) is 6.99. The molecule has 1 aromatic heterocycles. The van der Waals surface area contributed by atoms with E-state index in [4.69, 9.17) is 14.5 Å². The van der Waals surface area contributed by atoms with Crippen molar-refractivity contribution in [2.45, 2.75) is 69.8 Å². The smallest absolute Gasteiger partial charge is 0.191 e. The summed E-state index contributed by atoms with van der Waals surface area (Å²) in [7, 11) is 0. The summed E-state index contributed by atoms with van der Waals surface area (Å²) in [6.07, 6.45) is 9.96. The van der Waals surface area contributed by atoms with Crippen molar-refractivity contribution in [3.63, 3.8) is 0 Å². The number of nitrogens with zero attached hydrogens (tertiary/aromatic N) is 1. The van der Waals surface area contributed by atoms with Crippen molar-refractivity contribution >= 4 is 17.3 Å². The number of rotatable bonds is 9. The Bertz CT molecular complexity index is 564. The standard InChI is InChI=1S/C22H37N3O2S/c1-2-23-21(24-13-7-14-27-19-9-15-26-16-10-19)25-18-22(11-4-3-5-12-22)20-8-6-17-28-20/h6,8,17,19H,2-5,7,9-16,18H2,1H3,(H2,23,24,25). The van der Waals surface area contributed by atoms with Gasteiger partial charge in [-0.05, 0) is 50.5 Å². The van der Waals surface area contributed by atoms with Crippen molar-refractivity contribution in [1.29, 1.82) is 0 Å². The fourth-order valence-corrected chi connectivity index (χ4v) is 5.21. The first-order valence-electron chi connectivity index (χ1n) is 11.1. The third kappa shape index (κ3) is 6.46. The maximum absolute atomic E-state index is 5.97. The quantitative estimate of drug-likeness (QED) is 0.368. The van der Waals surface area contributed by atoms with E-state index in [-0.39, 0.29) is 5.41 Å². The van der Waals surface area contributed by atoms with Gasteiger partial charge in [0, 0.05) is 43.2 Å². The van der Waals surface area contributed by atoms with E-state index in [1.165, 1.54) is 37.0 Å². The van der Waals surface area contributed by atoms with Crippen LogP contribution in [0.5, 0.6) is 0 Å². The Balaban J connectivity index is 1.47. The molecule has 1 aromatic rings. The number of hydrogen-bond acceptors (Lipinski definition) is 4. The number of hydrogen-bond donors (Lipinski definition) is 2. The number of nitrogens with one attached hydrogen (secondary N) is 2. The van der Waals surface area contributed by atoms with Crippen LogP contribution in [-0.2, 0) is 14.9 Å². The predicted molar refractivity (Wildman–Crippen MR) is 117 cm³/mol. The van der Waals surface area contributed by atoms with Gasteiger partial charge in [-0.1, -0.05) is 25.3 Å². The molecule has 0 aromatic carbocycles. The SMILES string of the molecule is CCNC(=NCC1(c2cccs2)CCCCC1)NCCCOC1CCOCC1. The van der Waals surface area contributed by atoms with Crippen LogP contribution in [0, 0.1) is 0 Å². The van der Waals surface area contributed by atoms with Crippen LogP contribution < -0.4 is 10.6 Å². The second-order valence-electron chi connectivity index (χ2n) is 7.98. The normalized spacial score (nSPS) is 20.8. The average Bonchev–Trinajstić information content (AvgIpc) is 3.29. The van der Waals surface area contributed by atoms with Gasteiger partial charge in [-0.15, -0.1) is 11.3 Å². The summed E-state index contributed by atoms with van der Waals surface area (Å²) in [6, 6.07) is 4.49. The van der Waals surface area contributed by atoms with Crippen molar-refractivity contribution in [3.8, 4) is 0 Å². The minimum Gasteiger partial charge on any atom is -0.381 e. The fourth-order valence-electron chi connectivity index (χ4n) is 4.24. The molecule has 6 heteroatoms. The molecule has 2 heterocycles. The summed E-state index contributed by atoms with van der Waals surface area (Å²) in [5.41, 5.74) is 0.237. The van der Waals surface area contributed by atoms with Gasteiger partial charge in [-0.25, -0.2) is 0 Å². The molecule has 2 fully saturated rings. The highest BCUT2D eigenvalue weighted by atomic mass is 32.1. The fraction of sp³-hybridized carbons (Fsp3) is 0.773. The van der Waals surface area contributed by atoms with Crippen molar-refractivity contribution in [3.05, 3.63) is 22.4 Å². The van der Waals surface area contributed by atoms with Gasteiger partial charge >= 0.3 is 0 Å². The highest BCUT2D eigenvalue weighted by Gasteiger charge is 2.34. The summed E-state index contributed by atoms with van der Waals surface area (Å²) in [5, 5.41) is 9.11. The zero-order valence-corrected chi connectivity index (χ0v) is 18.2. The van der Waals surface area contributed by atoms with Crippen molar-refractivity contribution in [1.82, 2.24) is 10.6 Å². The number of thiophene rings is 1. The van der Waals surface area contributed by atoms with E-state index in [9.17, 15) is 0 Å². The second-order valence-corrected chi connectivity index (χ2v) is 8.92. The molecule has 5 nitrogen and oxygen atoms in total. The molecule has 0 bridgehead atoms. The summed E-state index contributed by atoms with van der Waals surface area (Å²) >= 11 is 1.90. The number of ether oxygens (including phenoxy) is 2.